The largest absolute Gasteiger partial charge is 0.497 e. The van der Waals surface area contributed by atoms with E-state index in [0.717, 1.165) is 48.9 Å². The molecule has 0 saturated heterocycles. The van der Waals surface area contributed by atoms with Crippen LogP contribution in [0.25, 0.3) is 21.5 Å². The predicted octanol–water partition coefficient (Wildman–Crippen LogP) is 4.43. The van der Waals surface area contributed by atoms with Crippen molar-refractivity contribution in [1.82, 2.24) is 20.2 Å². The minimum absolute atomic E-state index is 0.474. The smallest absolute Gasteiger partial charge is 0.243 e. The van der Waals surface area contributed by atoms with Crippen LogP contribution in [0.4, 0.5) is 5.95 Å². The van der Waals surface area contributed by atoms with Crippen molar-refractivity contribution < 1.29 is 4.74 Å². The zero-order valence-corrected chi connectivity index (χ0v) is 18.1. The first-order valence-corrected chi connectivity index (χ1v) is 10.3. The molecule has 0 atom stereocenters. The Balaban J connectivity index is 1.56. The lowest BCUT2D eigenvalue weighted by Crippen LogP contribution is -2.06. The first-order chi connectivity index (χ1) is 14.6. The van der Waals surface area contributed by atoms with E-state index in [9.17, 15) is 0 Å². The zero-order chi connectivity index (χ0) is 21.1. The second-order valence-electron chi connectivity index (χ2n) is 6.88. The van der Waals surface area contributed by atoms with E-state index < -0.39 is 0 Å². The normalized spacial score (nSPS) is 11.3. The lowest BCUT2D eigenvalue weighted by Gasteiger charge is -2.11. The Kier molecular flexibility index (Phi) is 5.67. The Morgan fingerprint density at radius 2 is 1.93 bits per heavy atom. The maximum atomic E-state index is 5.27. The molecular formula is C22H22N6OS. The van der Waals surface area contributed by atoms with E-state index in [2.05, 4.69) is 56.5 Å². The Hall–Kier alpha value is -3.39. The van der Waals surface area contributed by atoms with Gasteiger partial charge in [0.2, 0.25) is 5.95 Å². The van der Waals surface area contributed by atoms with Crippen LogP contribution in [-0.2, 0) is 6.54 Å². The van der Waals surface area contributed by atoms with Gasteiger partial charge in [0.15, 0.2) is 0 Å². The van der Waals surface area contributed by atoms with Crippen molar-refractivity contribution in [2.24, 2.45) is 4.99 Å². The lowest BCUT2D eigenvalue weighted by atomic mass is 9.97. The van der Waals surface area contributed by atoms with Gasteiger partial charge >= 0.3 is 0 Å². The van der Waals surface area contributed by atoms with Gasteiger partial charge in [0, 0.05) is 24.9 Å². The summed E-state index contributed by atoms with van der Waals surface area (Å²) in [5, 5.41) is 12.5. The molecule has 0 radical (unpaired) electrons. The highest BCUT2D eigenvalue weighted by Crippen LogP contribution is 2.28. The van der Waals surface area contributed by atoms with E-state index in [0.29, 0.717) is 12.5 Å². The highest BCUT2D eigenvalue weighted by molar-refractivity contribution is 7.18. The summed E-state index contributed by atoms with van der Waals surface area (Å²) in [6, 6.07) is 10.1. The SMILES string of the molecule is CN=Cc1cc(C)c(-c2cnnc(NCc3nc4cc(OC)ccc4s3)n2)c(C)c1. The second kappa shape index (κ2) is 8.54. The molecule has 0 amide bonds. The number of aromatic nitrogens is 4. The molecule has 8 heteroatoms. The molecule has 2 aromatic carbocycles. The molecule has 4 rings (SSSR count). The number of nitrogens with one attached hydrogen (secondary N) is 1. The van der Waals surface area contributed by atoms with Gasteiger partial charge in [-0.1, -0.05) is 0 Å². The summed E-state index contributed by atoms with van der Waals surface area (Å²) in [7, 11) is 3.43. The van der Waals surface area contributed by atoms with Crippen molar-refractivity contribution in [2.45, 2.75) is 20.4 Å². The van der Waals surface area contributed by atoms with Gasteiger partial charge in [-0.25, -0.2) is 9.97 Å². The number of hydrogen-bond donors (Lipinski definition) is 1. The quantitative estimate of drug-likeness (QED) is 0.466. The molecule has 0 aliphatic carbocycles. The summed E-state index contributed by atoms with van der Waals surface area (Å²) in [6.45, 7) is 4.66. The van der Waals surface area contributed by atoms with Crippen molar-refractivity contribution in [1.29, 1.82) is 0 Å². The zero-order valence-electron chi connectivity index (χ0n) is 17.3. The Morgan fingerprint density at radius 1 is 1.13 bits per heavy atom. The number of fused-ring (bicyclic) bond motifs is 1. The van der Waals surface area contributed by atoms with Crippen LogP contribution >= 0.6 is 11.3 Å². The number of hydrogen-bond acceptors (Lipinski definition) is 8. The molecule has 0 fully saturated rings. The van der Waals surface area contributed by atoms with Crippen molar-refractivity contribution >= 4 is 33.7 Å². The van der Waals surface area contributed by atoms with Crippen LogP contribution in [0.3, 0.4) is 0 Å². The molecular weight excluding hydrogens is 396 g/mol. The van der Waals surface area contributed by atoms with E-state index in [1.54, 1.807) is 31.7 Å². The van der Waals surface area contributed by atoms with Gasteiger partial charge in [-0.2, -0.15) is 5.10 Å². The number of benzene rings is 2. The van der Waals surface area contributed by atoms with Crippen molar-refractivity contribution in [3.8, 4) is 17.0 Å². The van der Waals surface area contributed by atoms with Gasteiger partial charge < -0.3 is 10.1 Å². The predicted molar refractivity (Wildman–Crippen MR) is 122 cm³/mol. The van der Waals surface area contributed by atoms with Crippen molar-refractivity contribution in [3.63, 3.8) is 0 Å². The fourth-order valence-electron chi connectivity index (χ4n) is 3.44. The summed E-state index contributed by atoms with van der Waals surface area (Å²) in [5.74, 6) is 1.27. The molecule has 0 aliphatic heterocycles. The minimum atomic E-state index is 0.474. The van der Waals surface area contributed by atoms with E-state index >= 15 is 0 Å². The van der Waals surface area contributed by atoms with Gasteiger partial charge in [-0.15, -0.1) is 16.4 Å². The van der Waals surface area contributed by atoms with Crippen LogP contribution < -0.4 is 10.1 Å². The molecule has 4 aromatic rings. The standard InChI is InChI=1S/C22H22N6OS/c1-13-7-15(10-23-3)8-14(2)21(13)18-11-25-28-22(27-18)24-12-20-26-17-9-16(29-4)5-6-19(17)30-20/h5-11H,12H2,1-4H3,(H,24,27,28). The Morgan fingerprint density at radius 3 is 2.67 bits per heavy atom. The third kappa shape index (κ3) is 4.13. The third-order valence-corrected chi connectivity index (χ3v) is 5.72. The molecule has 0 saturated carbocycles. The summed E-state index contributed by atoms with van der Waals surface area (Å²) in [4.78, 5) is 13.4. The Bertz CT molecular complexity index is 1210. The number of ether oxygens (including phenoxy) is 1. The molecule has 7 nitrogen and oxygen atoms in total. The maximum Gasteiger partial charge on any atom is 0.243 e. The fraction of sp³-hybridized carbons (Fsp3) is 0.227. The molecule has 0 bridgehead atoms. The van der Waals surface area contributed by atoms with Gasteiger partial charge in [-0.3, -0.25) is 4.99 Å². The molecule has 2 heterocycles. The minimum Gasteiger partial charge on any atom is -0.497 e. The number of aryl methyl sites for hydroxylation is 2. The number of thiazole rings is 1. The average Bonchev–Trinajstić information content (AvgIpc) is 3.14. The summed E-state index contributed by atoms with van der Waals surface area (Å²) >= 11 is 1.63. The molecule has 0 spiro atoms. The number of anilines is 1. The number of methoxy groups -OCH3 is 1. The van der Waals surface area contributed by atoms with Gasteiger partial charge in [0.1, 0.15) is 10.8 Å². The fourth-order valence-corrected chi connectivity index (χ4v) is 4.32. The van der Waals surface area contributed by atoms with Crippen LogP contribution in [0.5, 0.6) is 5.75 Å². The molecule has 0 unspecified atom stereocenters. The molecule has 152 valence electrons. The van der Waals surface area contributed by atoms with Crippen LogP contribution in [0.15, 0.2) is 41.5 Å². The summed E-state index contributed by atoms with van der Waals surface area (Å²) in [5.41, 5.74) is 6.09. The third-order valence-electron chi connectivity index (χ3n) is 4.68. The number of rotatable bonds is 6. The van der Waals surface area contributed by atoms with E-state index in [1.807, 2.05) is 24.4 Å². The molecule has 0 aliphatic rings. The number of nitrogens with zero attached hydrogens (tertiary/aromatic N) is 5. The summed E-state index contributed by atoms with van der Waals surface area (Å²) < 4.78 is 6.38. The molecule has 1 N–H and O–H groups in total. The topological polar surface area (TPSA) is 85.2 Å². The first kappa shape index (κ1) is 19.9. The first-order valence-electron chi connectivity index (χ1n) is 9.48. The summed E-state index contributed by atoms with van der Waals surface area (Å²) in [6.07, 6.45) is 3.54. The van der Waals surface area contributed by atoms with Crippen molar-refractivity contribution in [3.05, 3.63) is 58.2 Å². The van der Waals surface area contributed by atoms with Crippen LogP contribution in [0.2, 0.25) is 0 Å². The lowest BCUT2D eigenvalue weighted by molar-refractivity contribution is 0.415. The van der Waals surface area contributed by atoms with Gasteiger partial charge in [0.05, 0.1) is 35.8 Å². The van der Waals surface area contributed by atoms with Gasteiger partial charge in [0.25, 0.3) is 0 Å². The molecule has 2 aromatic heterocycles. The second-order valence-corrected chi connectivity index (χ2v) is 7.99. The number of aliphatic imine (C=N–C) groups is 1. The monoisotopic (exact) mass is 418 g/mol. The van der Waals surface area contributed by atoms with E-state index in [1.165, 1.54) is 0 Å². The Labute approximate surface area is 178 Å². The highest BCUT2D eigenvalue weighted by Gasteiger charge is 2.11. The average molecular weight is 419 g/mol. The molecule has 30 heavy (non-hydrogen) atoms. The van der Waals surface area contributed by atoms with Crippen LogP contribution in [0.1, 0.15) is 21.7 Å². The van der Waals surface area contributed by atoms with Gasteiger partial charge in [-0.05, 0) is 54.8 Å². The van der Waals surface area contributed by atoms with Crippen LogP contribution in [0, 0.1) is 13.8 Å². The maximum absolute atomic E-state index is 5.27. The highest BCUT2D eigenvalue weighted by atomic mass is 32.1. The van der Waals surface area contributed by atoms with Crippen LogP contribution in [-0.4, -0.2) is 40.5 Å². The van der Waals surface area contributed by atoms with E-state index in [-0.39, 0.29) is 0 Å². The van der Waals surface area contributed by atoms with E-state index in [4.69, 9.17) is 4.74 Å². The van der Waals surface area contributed by atoms with Crippen molar-refractivity contribution in [2.75, 3.05) is 19.5 Å².